The third-order valence-electron chi connectivity index (χ3n) is 2.61. The Morgan fingerprint density at radius 2 is 2.29 bits per heavy atom. The minimum atomic E-state index is 0.0480. The van der Waals surface area contributed by atoms with Crippen molar-refractivity contribution in [1.29, 1.82) is 0 Å². The lowest BCUT2D eigenvalue weighted by atomic mass is 10.3. The zero-order chi connectivity index (χ0) is 13.0. The molecular weight excluding hydrogens is 280 g/mol. The van der Waals surface area contributed by atoms with Gasteiger partial charge >= 0.3 is 0 Å². The highest BCUT2D eigenvalue weighted by atomic mass is 79.9. The Kier molecular flexibility index (Phi) is 5.00. The van der Waals surface area contributed by atoms with Crippen LogP contribution in [0.25, 0.3) is 0 Å². The minimum absolute atomic E-state index is 0.0480. The summed E-state index contributed by atoms with van der Waals surface area (Å²) in [5.41, 5.74) is 0.718. The van der Waals surface area contributed by atoms with Crippen LogP contribution in [0.2, 0.25) is 0 Å². The maximum absolute atomic E-state index is 12.3. The van der Waals surface area contributed by atoms with Gasteiger partial charge in [0.25, 0.3) is 5.91 Å². The predicted molar refractivity (Wildman–Crippen MR) is 74.3 cm³/mol. The second kappa shape index (κ2) is 6.05. The average molecular weight is 299 g/mol. The lowest BCUT2D eigenvalue weighted by molar-refractivity contribution is 0.0769. The second-order valence-corrected chi connectivity index (χ2v) is 5.09. The molecule has 1 amide bonds. The molecule has 3 nitrogen and oxygen atoms in total. The highest BCUT2D eigenvalue weighted by Gasteiger charge is 2.19. The van der Waals surface area contributed by atoms with E-state index in [1.54, 1.807) is 11.0 Å². The molecule has 94 valence electrons. The summed E-state index contributed by atoms with van der Waals surface area (Å²) in [6, 6.07) is 2.14. The average Bonchev–Trinajstić information content (AvgIpc) is 2.67. The summed E-state index contributed by atoms with van der Waals surface area (Å²) in [6.07, 6.45) is 3.69. The summed E-state index contributed by atoms with van der Waals surface area (Å²) in [7, 11) is 0. The van der Waals surface area contributed by atoms with Crippen molar-refractivity contribution in [1.82, 2.24) is 9.47 Å². The quantitative estimate of drug-likeness (QED) is 0.764. The molecule has 0 spiro atoms. The van der Waals surface area contributed by atoms with Crippen molar-refractivity contribution in [2.45, 2.75) is 26.8 Å². The number of aromatic nitrogens is 1. The van der Waals surface area contributed by atoms with E-state index in [1.807, 2.05) is 23.8 Å². The first-order valence-electron chi connectivity index (χ1n) is 5.78. The highest BCUT2D eigenvalue weighted by Crippen LogP contribution is 2.20. The molecule has 0 fully saturated rings. The SMILES string of the molecule is C=CCN(CC)C(=O)c1cc(Br)cn1C(C)C. The van der Waals surface area contributed by atoms with E-state index in [9.17, 15) is 4.79 Å². The third-order valence-corrected chi connectivity index (χ3v) is 3.04. The molecule has 1 aromatic heterocycles. The van der Waals surface area contributed by atoms with Crippen LogP contribution in [0.15, 0.2) is 29.4 Å². The summed E-state index contributed by atoms with van der Waals surface area (Å²) in [5.74, 6) is 0.0480. The van der Waals surface area contributed by atoms with Crippen molar-refractivity contribution in [2.24, 2.45) is 0 Å². The molecule has 1 aromatic rings. The van der Waals surface area contributed by atoms with Gasteiger partial charge in [0, 0.05) is 29.8 Å². The number of carbonyl (C=O) groups is 1. The zero-order valence-electron chi connectivity index (χ0n) is 10.6. The molecule has 0 aromatic carbocycles. The number of rotatable bonds is 5. The van der Waals surface area contributed by atoms with E-state index < -0.39 is 0 Å². The van der Waals surface area contributed by atoms with Crippen LogP contribution in [0.5, 0.6) is 0 Å². The van der Waals surface area contributed by atoms with Crippen molar-refractivity contribution >= 4 is 21.8 Å². The highest BCUT2D eigenvalue weighted by molar-refractivity contribution is 9.10. The van der Waals surface area contributed by atoms with Crippen molar-refractivity contribution in [3.8, 4) is 0 Å². The van der Waals surface area contributed by atoms with Crippen LogP contribution in [0.3, 0.4) is 0 Å². The third kappa shape index (κ3) is 3.22. The molecule has 0 N–H and O–H groups in total. The largest absolute Gasteiger partial charge is 0.340 e. The Morgan fingerprint density at radius 3 is 2.76 bits per heavy atom. The van der Waals surface area contributed by atoms with E-state index in [0.717, 1.165) is 10.2 Å². The molecule has 0 bridgehead atoms. The van der Waals surface area contributed by atoms with Gasteiger partial charge in [-0.2, -0.15) is 0 Å². The van der Waals surface area contributed by atoms with Crippen molar-refractivity contribution < 1.29 is 4.79 Å². The van der Waals surface area contributed by atoms with Crippen LogP contribution in [0, 0.1) is 0 Å². The summed E-state index contributed by atoms with van der Waals surface area (Å²) >= 11 is 3.42. The molecule has 0 saturated carbocycles. The number of halogens is 1. The number of likely N-dealkylation sites (N-methyl/N-ethyl adjacent to an activating group) is 1. The fraction of sp³-hybridized carbons (Fsp3) is 0.462. The molecular formula is C13H19BrN2O. The fourth-order valence-electron chi connectivity index (χ4n) is 1.72. The van der Waals surface area contributed by atoms with Crippen LogP contribution in [0.4, 0.5) is 0 Å². The maximum atomic E-state index is 12.3. The first-order valence-corrected chi connectivity index (χ1v) is 6.58. The molecule has 17 heavy (non-hydrogen) atoms. The number of nitrogens with zero attached hydrogens (tertiary/aromatic N) is 2. The van der Waals surface area contributed by atoms with Gasteiger partial charge in [-0.25, -0.2) is 0 Å². The topological polar surface area (TPSA) is 25.2 Å². The van der Waals surface area contributed by atoms with Gasteiger partial charge in [-0.3, -0.25) is 4.79 Å². The van der Waals surface area contributed by atoms with E-state index in [4.69, 9.17) is 0 Å². The molecule has 1 rings (SSSR count). The van der Waals surface area contributed by atoms with Gasteiger partial charge in [-0.1, -0.05) is 6.08 Å². The van der Waals surface area contributed by atoms with Gasteiger partial charge < -0.3 is 9.47 Å². The van der Waals surface area contributed by atoms with Crippen LogP contribution < -0.4 is 0 Å². The van der Waals surface area contributed by atoms with Gasteiger partial charge in [0.2, 0.25) is 0 Å². The smallest absolute Gasteiger partial charge is 0.270 e. The normalized spacial score (nSPS) is 10.6. The summed E-state index contributed by atoms with van der Waals surface area (Å²) in [4.78, 5) is 14.1. The minimum Gasteiger partial charge on any atom is -0.340 e. The van der Waals surface area contributed by atoms with E-state index >= 15 is 0 Å². The molecule has 4 heteroatoms. The van der Waals surface area contributed by atoms with Gasteiger partial charge in [-0.15, -0.1) is 6.58 Å². The Hall–Kier alpha value is -1.03. The Balaban J connectivity index is 3.05. The van der Waals surface area contributed by atoms with E-state index in [1.165, 1.54) is 0 Å². The summed E-state index contributed by atoms with van der Waals surface area (Å²) < 4.78 is 2.92. The molecule has 0 saturated heterocycles. The number of amides is 1. The Morgan fingerprint density at radius 1 is 1.65 bits per heavy atom. The second-order valence-electron chi connectivity index (χ2n) is 4.18. The standard InChI is InChI=1S/C13H19BrN2O/c1-5-7-15(6-2)13(17)12-8-11(14)9-16(12)10(3)4/h5,8-10H,1,6-7H2,2-4H3. The lowest BCUT2D eigenvalue weighted by Gasteiger charge is -2.21. The van der Waals surface area contributed by atoms with Gasteiger partial charge in [0.05, 0.1) is 0 Å². The van der Waals surface area contributed by atoms with Crippen LogP contribution in [-0.4, -0.2) is 28.5 Å². The van der Waals surface area contributed by atoms with Crippen LogP contribution >= 0.6 is 15.9 Å². The zero-order valence-corrected chi connectivity index (χ0v) is 12.2. The number of hydrogen-bond acceptors (Lipinski definition) is 1. The van der Waals surface area contributed by atoms with Gasteiger partial charge in [0.1, 0.15) is 5.69 Å². The van der Waals surface area contributed by atoms with Crippen molar-refractivity contribution in [2.75, 3.05) is 13.1 Å². The van der Waals surface area contributed by atoms with Gasteiger partial charge in [0.15, 0.2) is 0 Å². The van der Waals surface area contributed by atoms with E-state index in [2.05, 4.69) is 36.4 Å². The van der Waals surface area contributed by atoms with Crippen LogP contribution in [0.1, 0.15) is 37.3 Å². The molecule has 0 aliphatic heterocycles. The van der Waals surface area contributed by atoms with E-state index in [-0.39, 0.29) is 11.9 Å². The van der Waals surface area contributed by atoms with Crippen molar-refractivity contribution in [3.63, 3.8) is 0 Å². The predicted octanol–water partition coefficient (Wildman–Crippen LogP) is 3.48. The first kappa shape index (κ1) is 14.0. The molecule has 0 atom stereocenters. The molecule has 0 aliphatic carbocycles. The molecule has 1 heterocycles. The lowest BCUT2D eigenvalue weighted by Crippen LogP contribution is -2.32. The monoisotopic (exact) mass is 298 g/mol. The summed E-state index contributed by atoms with van der Waals surface area (Å²) in [5, 5.41) is 0. The number of hydrogen-bond donors (Lipinski definition) is 0. The molecule has 0 aliphatic rings. The summed E-state index contributed by atoms with van der Waals surface area (Å²) in [6.45, 7) is 11.0. The fourth-order valence-corrected chi connectivity index (χ4v) is 2.16. The molecule has 0 radical (unpaired) electrons. The van der Waals surface area contributed by atoms with Crippen molar-refractivity contribution in [3.05, 3.63) is 35.1 Å². The van der Waals surface area contributed by atoms with Gasteiger partial charge in [-0.05, 0) is 42.8 Å². The first-order chi connectivity index (χ1) is 8.01. The van der Waals surface area contributed by atoms with Crippen LogP contribution in [-0.2, 0) is 0 Å². The Bertz CT molecular complexity index is 410. The number of carbonyl (C=O) groups excluding carboxylic acids is 1. The molecule has 0 unspecified atom stereocenters. The Labute approximate surface area is 111 Å². The maximum Gasteiger partial charge on any atom is 0.270 e. The van der Waals surface area contributed by atoms with E-state index in [0.29, 0.717) is 13.1 Å².